The third-order valence-electron chi connectivity index (χ3n) is 1.77. The first-order valence-electron chi connectivity index (χ1n) is 3.80. The average Bonchev–Trinajstić information content (AvgIpc) is 2.02. The van der Waals surface area contributed by atoms with Crippen molar-refractivity contribution in [1.82, 2.24) is 0 Å². The molecule has 0 aliphatic rings. The predicted molar refractivity (Wildman–Crippen MR) is 49.7 cm³/mol. The second kappa shape index (κ2) is 5.88. The van der Waals surface area contributed by atoms with Crippen LogP contribution in [0.4, 0.5) is 0 Å². The van der Waals surface area contributed by atoms with Gasteiger partial charge < -0.3 is 9.29 Å². The molecule has 1 rings (SSSR count). The van der Waals surface area contributed by atoms with Gasteiger partial charge in [-0.1, -0.05) is 6.07 Å². The Kier molecular flexibility index (Phi) is 5.93. The third kappa shape index (κ3) is 3.07. The summed E-state index contributed by atoms with van der Waals surface area (Å²) in [7, 11) is 1.47. The fraction of sp³-hybridized carbons (Fsp3) is 0.333. The van der Waals surface area contributed by atoms with Crippen molar-refractivity contribution in [3.8, 4) is 5.75 Å². The summed E-state index contributed by atoms with van der Waals surface area (Å²) in [5.74, 6) is 0.430. The van der Waals surface area contributed by atoms with E-state index in [1.807, 2.05) is 19.9 Å². The van der Waals surface area contributed by atoms with Crippen LogP contribution in [0.5, 0.6) is 5.75 Å². The molecule has 3 nitrogen and oxygen atoms in total. The summed E-state index contributed by atoms with van der Waals surface area (Å²) in [5.41, 5.74) is 1.75. The Bertz CT molecular complexity index is 352. The van der Waals surface area contributed by atoms with Gasteiger partial charge in [-0.25, -0.2) is 0 Å². The van der Waals surface area contributed by atoms with Crippen LogP contribution in [-0.2, 0) is 11.1 Å². The van der Waals surface area contributed by atoms with Crippen molar-refractivity contribution in [2.75, 3.05) is 7.11 Å². The van der Waals surface area contributed by atoms with Crippen molar-refractivity contribution in [3.05, 3.63) is 23.3 Å². The van der Waals surface area contributed by atoms with Crippen LogP contribution < -0.4 is 34.3 Å². The topological polar surface area (TPSA) is 49.4 Å². The van der Waals surface area contributed by atoms with E-state index in [0.717, 1.165) is 11.1 Å². The summed E-state index contributed by atoms with van der Waals surface area (Å²) >= 11 is -2.24. The Balaban J connectivity index is 0.00000169. The number of aryl methyl sites for hydroxylation is 2. The molecule has 0 fully saturated rings. The molecular weight excluding hydrogens is 211 g/mol. The summed E-state index contributed by atoms with van der Waals surface area (Å²) in [6.07, 6.45) is 0. The summed E-state index contributed by atoms with van der Waals surface area (Å²) in [6, 6.07) is 3.48. The molecule has 0 aliphatic carbocycles. The maximum Gasteiger partial charge on any atom is 1.00 e. The van der Waals surface area contributed by atoms with Crippen molar-refractivity contribution in [2.24, 2.45) is 0 Å². The predicted octanol–water partition coefficient (Wildman–Crippen LogP) is -1.45. The molecule has 0 heterocycles. The van der Waals surface area contributed by atoms with E-state index in [4.69, 9.17) is 4.74 Å². The van der Waals surface area contributed by atoms with Gasteiger partial charge in [0, 0.05) is 0 Å². The summed E-state index contributed by atoms with van der Waals surface area (Å²) in [4.78, 5) is 0.222. The molecule has 0 radical (unpaired) electrons. The van der Waals surface area contributed by atoms with Crippen LogP contribution in [0.15, 0.2) is 17.0 Å². The molecule has 1 atom stereocenters. The molecule has 0 amide bonds. The summed E-state index contributed by atoms with van der Waals surface area (Å²) < 4.78 is 26.6. The molecule has 0 N–H and O–H groups in total. The molecule has 0 spiro atoms. The second-order valence-electron chi connectivity index (χ2n) is 2.85. The van der Waals surface area contributed by atoms with E-state index < -0.39 is 11.1 Å². The zero-order valence-electron chi connectivity index (χ0n) is 8.79. The Morgan fingerprint density at radius 1 is 1.36 bits per heavy atom. The third-order valence-corrected chi connectivity index (χ3v) is 2.43. The standard InChI is InChI=1S/C9H12O3S.Na/c1-6-4-7(2)9(12-3)8(5-6)13(10)11;/h4-5H,1-3H3,(H,10,11);/q;+1/p-1. The van der Waals surface area contributed by atoms with Gasteiger partial charge in [-0.2, -0.15) is 0 Å². The van der Waals surface area contributed by atoms with Crippen molar-refractivity contribution in [2.45, 2.75) is 18.7 Å². The molecule has 0 saturated carbocycles. The Morgan fingerprint density at radius 3 is 2.36 bits per heavy atom. The second-order valence-corrected chi connectivity index (χ2v) is 3.76. The van der Waals surface area contributed by atoms with E-state index >= 15 is 0 Å². The van der Waals surface area contributed by atoms with Gasteiger partial charge in [0.2, 0.25) is 0 Å². The molecule has 0 aliphatic heterocycles. The van der Waals surface area contributed by atoms with E-state index in [2.05, 4.69) is 0 Å². The minimum Gasteiger partial charge on any atom is -0.768 e. The van der Waals surface area contributed by atoms with Gasteiger partial charge >= 0.3 is 29.6 Å². The number of hydrogen-bond donors (Lipinski definition) is 0. The first-order chi connectivity index (χ1) is 6.06. The van der Waals surface area contributed by atoms with Crippen LogP contribution in [0.1, 0.15) is 11.1 Å². The fourth-order valence-corrected chi connectivity index (χ4v) is 1.98. The minimum absolute atomic E-state index is 0. The van der Waals surface area contributed by atoms with Gasteiger partial charge in [-0.05, 0) is 42.1 Å². The van der Waals surface area contributed by atoms with Crippen LogP contribution in [0.3, 0.4) is 0 Å². The van der Waals surface area contributed by atoms with Crippen molar-refractivity contribution in [1.29, 1.82) is 0 Å². The SMILES string of the molecule is COc1c(C)cc(C)cc1S(=O)[O-].[Na+]. The first-order valence-corrected chi connectivity index (χ1v) is 4.88. The van der Waals surface area contributed by atoms with Gasteiger partial charge in [0.15, 0.2) is 0 Å². The zero-order valence-corrected chi connectivity index (χ0v) is 11.6. The molecule has 0 aromatic heterocycles. The number of ether oxygens (including phenoxy) is 1. The van der Waals surface area contributed by atoms with Crippen LogP contribution in [0.25, 0.3) is 0 Å². The summed E-state index contributed by atoms with van der Waals surface area (Å²) in [6.45, 7) is 3.67. The van der Waals surface area contributed by atoms with E-state index in [9.17, 15) is 8.76 Å². The minimum atomic E-state index is -2.24. The Morgan fingerprint density at radius 2 is 1.93 bits per heavy atom. The molecular formula is C9H11NaO3S. The Hall–Kier alpha value is 0.130. The molecule has 0 bridgehead atoms. The molecule has 14 heavy (non-hydrogen) atoms. The van der Waals surface area contributed by atoms with Crippen LogP contribution >= 0.6 is 0 Å². The smallest absolute Gasteiger partial charge is 0.768 e. The monoisotopic (exact) mass is 222 g/mol. The van der Waals surface area contributed by atoms with Crippen LogP contribution in [0, 0.1) is 13.8 Å². The largest absolute Gasteiger partial charge is 1.00 e. The molecule has 1 aromatic carbocycles. The fourth-order valence-electron chi connectivity index (χ4n) is 1.30. The van der Waals surface area contributed by atoms with Gasteiger partial charge in [0.1, 0.15) is 5.75 Å². The molecule has 72 valence electrons. The normalized spacial score (nSPS) is 11.7. The number of benzene rings is 1. The van der Waals surface area contributed by atoms with E-state index in [0.29, 0.717) is 5.75 Å². The van der Waals surface area contributed by atoms with Crippen LogP contribution in [-0.4, -0.2) is 15.9 Å². The summed E-state index contributed by atoms with van der Waals surface area (Å²) in [5, 5.41) is 0. The quantitative estimate of drug-likeness (QED) is 0.454. The van der Waals surface area contributed by atoms with Gasteiger partial charge in [-0.15, -0.1) is 0 Å². The zero-order chi connectivity index (χ0) is 10.0. The van der Waals surface area contributed by atoms with E-state index in [1.54, 1.807) is 6.07 Å². The first kappa shape index (κ1) is 14.1. The van der Waals surface area contributed by atoms with Gasteiger partial charge in [0.25, 0.3) is 0 Å². The van der Waals surface area contributed by atoms with E-state index in [-0.39, 0.29) is 34.5 Å². The molecule has 5 heteroatoms. The number of rotatable bonds is 2. The maximum absolute atomic E-state index is 10.8. The van der Waals surface area contributed by atoms with Crippen molar-refractivity contribution >= 4 is 11.1 Å². The average molecular weight is 222 g/mol. The number of methoxy groups -OCH3 is 1. The maximum atomic E-state index is 10.8. The molecule has 0 saturated heterocycles. The van der Waals surface area contributed by atoms with Crippen molar-refractivity contribution in [3.63, 3.8) is 0 Å². The molecule has 1 aromatic rings. The number of hydrogen-bond acceptors (Lipinski definition) is 3. The van der Waals surface area contributed by atoms with E-state index in [1.165, 1.54) is 7.11 Å². The van der Waals surface area contributed by atoms with Gasteiger partial charge in [-0.3, -0.25) is 4.21 Å². The molecule has 1 unspecified atom stereocenters. The van der Waals surface area contributed by atoms with Gasteiger partial charge in [0.05, 0.1) is 12.0 Å². The van der Waals surface area contributed by atoms with Crippen molar-refractivity contribution < 1.29 is 43.1 Å². The van der Waals surface area contributed by atoms with Crippen LogP contribution in [0.2, 0.25) is 0 Å². The Labute approximate surface area is 108 Å².